The summed E-state index contributed by atoms with van der Waals surface area (Å²) in [4.78, 5) is 9.61. The van der Waals surface area contributed by atoms with Gasteiger partial charge in [0.15, 0.2) is 0 Å². The molecule has 2 aliphatic rings. The van der Waals surface area contributed by atoms with E-state index < -0.39 is 0 Å². The number of piperazine rings is 1. The fraction of sp³-hybridized carbons (Fsp3) is 0.750. The average Bonchev–Trinajstić information content (AvgIpc) is 2.80. The van der Waals surface area contributed by atoms with Gasteiger partial charge in [-0.15, -0.1) is 11.3 Å². The van der Waals surface area contributed by atoms with Crippen LogP contribution in [0.1, 0.15) is 18.7 Å². The molecule has 0 spiro atoms. The smallest absolute Gasteiger partial charge is 0.0795 e. The van der Waals surface area contributed by atoms with Crippen LogP contribution in [0.3, 0.4) is 0 Å². The molecule has 0 aromatic carbocycles. The maximum Gasteiger partial charge on any atom is 0.0795 e. The summed E-state index contributed by atoms with van der Waals surface area (Å²) in [5.74, 6) is 0. The van der Waals surface area contributed by atoms with E-state index in [1.807, 2.05) is 5.51 Å². The SMILES string of the molecule is CC(c1cscn1)N1CCN(C2CNC2)CC1. The highest BCUT2D eigenvalue weighted by Crippen LogP contribution is 2.22. The second-order valence-corrected chi connectivity index (χ2v) is 5.69. The summed E-state index contributed by atoms with van der Waals surface area (Å²) in [6, 6.07) is 1.27. The fourth-order valence-corrected chi connectivity index (χ4v) is 3.28. The zero-order valence-corrected chi connectivity index (χ0v) is 11.1. The van der Waals surface area contributed by atoms with Gasteiger partial charge in [0.05, 0.1) is 17.2 Å². The summed E-state index contributed by atoms with van der Waals surface area (Å²) < 4.78 is 0. The Kier molecular flexibility index (Phi) is 3.42. The molecule has 1 N–H and O–H groups in total. The van der Waals surface area contributed by atoms with E-state index >= 15 is 0 Å². The molecule has 2 aliphatic heterocycles. The Balaban J connectivity index is 1.54. The molecule has 4 nitrogen and oxygen atoms in total. The van der Waals surface area contributed by atoms with Crippen LogP contribution in [0.2, 0.25) is 0 Å². The molecular formula is C12H20N4S. The summed E-state index contributed by atoms with van der Waals surface area (Å²) in [6.07, 6.45) is 0. The van der Waals surface area contributed by atoms with Crippen molar-refractivity contribution in [2.75, 3.05) is 39.3 Å². The minimum Gasteiger partial charge on any atom is -0.314 e. The van der Waals surface area contributed by atoms with Gasteiger partial charge in [0, 0.05) is 50.7 Å². The molecular weight excluding hydrogens is 232 g/mol. The predicted molar refractivity (Wildman–Crippen MR) is 70.3 cm³/mol. The van der Waals surface area contributed by atoms with E-state index in [1.54, 1.807) is 11.3 Å². The van der Waals surface area contributed by atoms with E-state index in [0.717, 1.165) is 6.04 Å². The monoisotopic (exact) mass is 252 g/mol. The lowest BCUT2D eigenvalue weighted by Gasteiger charge is -2.44. The van der Waals surface area contributed by atoms with E-state index in [0.29, 0.717) is 6.04 Å². The van der Waals surface area contributed by atoms with Crippen molar-refractivity contribution in [1.82, 2.24) is 20.1 Å². The third kappa shape index (κ3) is 2.38. The standard InChI is InChI=1S/C12H20N4S/c1-10(12-8-17-9-14-12)15-2-4-16(5-3-15)11-6-13-7-11/h8-11,13H,2-7H2,1H3. The van der Waals surface area contributed by atoms with Gasteiger partial charge in [-0.3, -0.25) is 9.80 Å². The van der Waals surface area contributed by atoms with Crippen LogP contribution in [0, 0.1) is 0 Å². The Morgan fingerprint density at radius 1 is 1.35 bits per heavy atom. The zero-order chi connectivity index (χ0) is 11.7. The quantitative estimate of drug-likeness (QED) is 0.862. The topological polar surface area (TPSA) is 31.4 Å². The number of rotatable bonds is 3. The maximum atomic E-state index is 4.43. The van der Waals surface area contributed by atoms with Crippen LogP contribution < -0.4 is 5.32 Å². The number of nitrogens with zero attached hydrogens (tertiary/aromatic N) is 3. The normalized spacial score (nSPS) is 25.7. The minimum absolute atomic E-state index is 0.475. The molecule has 1 unspecified atom stereocenters. The number of nitrogens with one attached hydrogen (secondary N) is 1. The van der Waals surface area contributed by atoms with Gasteiger partial charge in [0.1, 0.15) is 0 Å². The van der Waals surface area contributed by atoms with Gasteiger partial charge < -0.3 is 5.32 Å². The molecule has 1 atom stereocenters. The average molecular weight is 252 g/mol. The summed E-state index contributed by atoms with van der Waals surface area (Å²) in [7, 11) is 0. The number of aromatic nitrogens is 1. The molecule has 2 saturated heterocycles. The lowest BCUT2D eigenvalue weighted by Crippen LogP contribution is -2.61. The van der Waals surface area contributed by atoms with Crippen LogP contribution in [0.5, 0.6) is 0 Å². The van der Waals surface area contributed by atoms with E-state index in [9.17, 15) is 0 Å². The van der Waals surface area contributed by atoms with Gasteiger partial charge in [0.2, 0.25) is 0 Å². The van der Waals surface area contributed by atoms with Gasteiger partial charge in [-0.2, -0.15) is 0 Å². The minimum atomic E-state index is 0.475. The molecule has 0 aliphatic carbocycles. The summed E-state index contributed by atoms with van der Waals surface area (Å²) in [5.41, 5.74) is 3.16. The van der Waals surface area contributed by atoms with E-state index in [4.69, 9.17) is 0 Å². The van der Waals surface area contributed by atoms with Crippen molar-refractivity contribution in [2.24, 2.45) is 0 Å². The first-order chi connectivity index (χ1) is 8.34. The Bertz CT molecular complexity index is 341. The summed E-state index contributed by atoms with van der Waals surface area (Å²) in [6.45, 7) is 9.41. The van der Waals surface area contributed by atoms with Crippen molar-refractivity contribution in [3.63, 3.8) is 0 Å². The molecule has 3 rings (SSSR count). The van der Waals surface area contributed by atoms with Gasteiger partial charge in [-0.05, 0) is 6.92 Å². The first kappa shape index (κ1) is 11.6. The Hall–Kier alpha value is -0.490. The highest BCUT2D eigenvalue weighted by molar-refractivity contribution is 7.07. The van der Waals surface area contributed by atoms with Crippen LogP contribution in [0.25, 0.3) is 0 Å². The third-order valence-corrected chi connectivity index (χ3v) is 4.66. The van der Waals surface area contributed by atoms with Crippen LogP contribution in [-0.4, -0.2) is 60.1 Å². The van der Waals surface area contributed by atoms with E-state index in [-0.39, 0.29) is 0 Å². The molecule has 17 heavy (non-hydrogen) atoms. The zero-order valence-electron chi connectivity index (χ0n) is 10.3. The van der Waals surface area contributed by atoms with Crippen molar-refractivity contribution in [3.05, 3.63) is 16.6 Å². The molecule has 3 heterocycles. The Morgan fingerprint density at radius 2 is 2.12 bits per heavy atom. The molecule has 1 aromatic heterocycles. The van der Waals surface area contributed by atoms with Crippen molar-refractivity contribution in [3.8, 4) is 0 Å². The van der Waals surface area contributed by atoms with Gasteiger partial charge in [-0.1, -0.05) is 0 Å². The maximum absolute atomic E-state index is 4.43. The molecule has 0 bridgehead atoms. The Labute approximate surface area is 107 Å². The predicted octanol–water partition coefficient (Wildman–Crippen LogP) is 0.793. The molecule has 2 fully saturated rings. The molecule has 94 valence electrons. The lowest BCUT2D eigenvalue weighted by atomic mass is 10.1. The van der Waals surface area contributed by atoms with Crippen molar-refractivity contribution >= 4 is 11.3 Å². The molecule has 1 aromatic rings. The van der Waals surface area contributed by atoms with Crippen molar-refractivity contribution in [2.45, 2.75) is 19.0 Å². The third-order valence-electron chi connectivity index (χ3n) is 4.05. The van der Waals surface area contributed by atoms with Gasteiger partial charge >= 0.3 is 0 Å². The largest absolute Gasteiger partial charge is 0.314 e. The number of hydrogen-bond donors (Lipinski definition) is 1. The van der Waals surface area contributed by atoms with Crippen molar-refractivity contribution in [1.29, 1.82) is 0 Å². The molecule has 0 radical (unpaired) electrons. The van der Waals surface area contributed by atoms with Crippen molar-refractivity contribution < 1.29 is 0 Å². The number of thiazole rings is 1. The first-order valence-corrected chi connectivity index (χ1v) is 7.36. The van der Waals surface area contributed by atoms with E-state index in [2.05, 4.69) is 32.4 Å². The van der Waals surface area contributed by atoms with Crippen LogP contribution in [-0.2, 0) is 0 Å². The highest BCUT2D eigenvalue weighted by Gasteiger charge is 2.29. The first-order valence-electron chi connectivity index (χ1n) is 6.41. The van der Waals surface area contributed by atoms with Crippen LogP contribution in [0.4, 0.5) is 0 Å². The van der Waals surface area contributed by atoms with Gasteiger partial charge in [-0.25, -0.2) is 4.98 Å². The highest BCUT2D eigenvalue weighted by atomic mass is 32.1. The molecule has 0 amide bonds. The lowest BCUT2D eigenvalue weighted by molar-refractivity contribution is 0.0545. The van der Waals surface area contributed by atoms with Crippen LogP contribution >= 0.6 is 11.3 Å². The fourth-order valence-electron chi connectivity index (χ4n) is 2.64. The summed E-state index contributed by atoms with van der Waals surface area (Å²) >= 11 is 1.69. The van der Waals surface area contributed by atoms with E-state index in [1.165, 1.54) is 45.0 Å². The second-order valence-electron chi connectivity index (χ2n) is 4.97. The summed E-state index contributed by atoms with van der Waals surface area (Å²) in [5, 5.41) is 5.52. The molecule has 0 saturated carbocycles. The Morgan fingerprint density at radius 3 is 2.65 bits per heavy atom. The van der Waals surface area contributed by atoms with Crippen LogP contribution in [0.15, 0.2) is 10.9 Å². The number of hydrogen-bond acceptors (Lipinski definition) is 5. The van der Waals surface area contributed by atoms with Gasteiger partial charge in [0.25, 0.3) is 0 Å². The second kappa shape index (κ2) is 5.02. The molecule has 5 heteroatoms.